The molecule has 3 nitrogen and oxygen atoms in total. The van der Waals surface area contributed by atoms with E-state index in [0.29, 0.717) is 16.3 Å². The molecule has 2 rings (SSSR count). The molecule has 0 fully saturated rings. The minimum absolute atomic E-state index is 0.125. The van der Waals surface area contributed by atoms with Gasteiger partial charge in [0.1, 0.15) is 4.99 Å². The molecule has 2 aromatic rings. The second kappa shape index (κ2) is 6.70. The maximum atomic E-state index is 12.1. The summed E-state index contributed by atoms with van der Waals surface area (Å²) in [4.78, 5) is 12.4. The fourth-order valence-electron chi connectivity index (χ4n) is 2.08. The molecule has 0 aliphatic rings. The van der Waals surface area contributed by atoms with Crippen molar-refractivity contribution in [3.05, 3.63) is 64.2 Å². The number of carbonyl (C=O) groups is 1. The summed E-state index contributed by atoms with van der Waals surface area (Å²) in [7, 11) is 0. The van der Waals surface area contributed by atoms with Crippen molar-refractivity contribution >= 4 is 40.4 Å². The molecule has 1 amide bonds. The summed E-state index contributed by atoms with van der Waals surface area (Å²) in [6.45, 7) is 1.91. The monoisotopic (exact) mass is 318 g/mol. The van der Waals surface area contributed by atoms with Crippen LogP contribution in [0.5, 0.6) is 0 Å². The second-order valence-corrected chi connectivity index (χ2v) is 5.59. The normalized spacial score (nSPS) is 10.2. The van der Waals surface area contributed by atoms with Crippen LogP contribution in [0.25, 0.3) is 0 Å². The van der Waals surface area contributed by atoms with Gasteiger partial charge in [0.15, 0.2) is 0 Å². The predicted molar refractivity (Wildman–Crippen MR) is 90.9 cm³/mol. The van der Waals surface area contributed by atoms with Crippen LogP contribution < -0.4 is 11.1 Å². The van der Waals surface area contributed by atoms with Crippen molar-refractivity contribution in [3.63, 3.8) is 0 Å². The Labute approximate surface area is 134 Å². The third-order valence-electron chi connectivity index (χ3n) is 3.07. The maximum absolute atomic E-state index is 12.1. The molecule has 5 heteroatoms. The van der Waals surface area contributed by atoms with Crippen molar-refractivity contribution in [2.24, 2.45) is 5.73 Å². The summed E-state index contributed by atoms with van der Waals surface area (Å²) >= 11 is 10.9. The highest BCUT2D eigenvalue weighted by Crippen LogP contribution is 2.20. The molecule has 0 radical (unpaired) electrons. The molecule has 0 saturated carbocycles. The van der Waals surface area contributed by atoms with Crippen molar-refractivity contribution in [1.82, 2.24) is 0 Å². The van der Waals surface area contributed by atoms with Gasteiger partial charge in [0.05, 0.1) is 12.1 Å². The Bertz CT molecular complexity index is 683. The van der Waals surface area contributed by atoms with Gasteiger partial charge in [0.25, 0.3) is 0 Å². The van der Waals surface area contributed by atoms with E-state index in [9.17, 15) is 4.79 Å². The molecule has 3 N–H and O–H groups in total. The van der Waals surface area contributed by atoms with Crippen LogP contribution in [-0.2, 0) is 11.2 Å². The quantitative estimate of drug-likeness (QED) is 0.849. The van der Waals surface area contributed by atoms with E-state index in [1.54, 1.807) is 18.2 Å². The van der Waals surface area contributed by atoms with Crippen LogP contribution in [-0.4, -0.2) is 10.9 Å². The molecule has 0 saturated heterocycles. The van der Waals surface area contributed by atoms with Crippen LogP contribution >= 0.6 is 23.8 Å². The lowest BCUT2D eigenvalue weighted by Crippen LogP contribution is -2.19. The van der Waals surface area contributed by atoms with Crippen LogP contribution in [0.4, 0.5) is 5.69 Å². The van der Waals surface area contributed by atoms with Gasteiger partial charge in [-0.2, -0.15) is 0 Å². The highest BCUT2D eigenvalue weighted by Gasteiger charge is 2.11. The third kappa shape index (κ3) is 4.03. The summed E-state index contributed by atoms with van der Waals surface area (Å²) < 4.78 is 0. The number of hydrogen-bond acceptors (Lipinski definition) is 2. The van der Waals surface area contributed by atoms with Crippen molar-refractivity contribution in [2.45, 2.75) is 13.3 Å². The first kappa shape index (κ1) is 15.5. The molecule has 0 spiro atoms. The predicted octanol–water partition coefficient (Wildman–Crippen LogP) is 3.46. The van der Waals surface area contributed by atoms with Crippen LogP contribution in [0, 0.1) is 6.92 Å². The van der Waals surface area contributed by atoms with Crippen LogP contribution in [0.15, 0.2) is 42.5 Å². The van der Waals surface area contributed by atoms with Crippen LogP contribution in [0.1, 0.15) is 16.7 Å². The number of rotatable bonds is 4. The maximum Gasteiger partial charge on any atom is 0.228 e. The number of benzene rings is 2. The SMILES string of the molecule is Cc1cccc(NC(=O)Cc2ccc(Cl)cc2)c1C(N)=S. The molecule has 0 aliphatic heterocycles. The van der Waals surface area contributed by atoms with Crippen LogP contribution in [0.2, 0.25) is 5.02 Å². The van der Waals surface area contributed by atoms with E-state index in [-0.39, 0.29) is 17.3 Å². The number of thiocarbonyl (C=S) groups is 1. The number of aryl methyl sites for hydroxylation is 1. The summed E-state index contributed by atoms with van der Waals surface area (Å²) in [5.41, 5.74) is 8.90. The van der Waals surface area contributed by atoms with E-state index < -0.39 is 0 Å². The number of amides is 1. The Balaban J connectivity index is 2.15. The average Bonchev–Trinajstić information content (AvgIpc) is 2.41. The number of carbonyl (C=O) groups excluding carboxylic acids is 1. The highest BCUT2D eigenvalue weighted by atomic mass is 35.5. The van der Waals surface area contributed by atoms with E-state index in [0.717, 1.165) is 11.1 Å². The molecule has 0 aliphatic carbocycles. The van der Waals surface area contributed by atoms with Gasteiger partial charge in [-0.3, -0.25) is 4.79 Å². The fraction of sp³-hybridized carbons (Fsp3) is 0.125. The van der Waals surface area contributed by atoms with Gasteiger partial charge in [-0.25, -0.2) is 0 Å². The molecule has 0 aromatic heterocycles. The van der Waals surface area contributed by atoms with E-state index in [1.807, 2.05) is 31.2 Å². The zero-order valence-electron chi connectivity index (χ0n) is 11.5. The van der Waals surface area contributed by atoms with E-state index in [2.05, 4.69) is 5.32 Å². The molecular formula is C16H15ClN2OS. The first-order valence-corrected chi connectivity index (χ1v) is 7.19. The second-order valence-electron chi connectivity index (χ2n) is 4.71. The lowest BCUT2D eigenvalue weighted by atomic mass is 10.1. The standard InChI is InChI=1S/C16H15ClN2OS/c1-10-3-2-4-13(15(10)16(18)21)19-14(20)9-11-5-7-12(17)8-6-11/h2-8H,9H2,1H3,(H2,18,21)(H,19,20). The Morgan fingerprint density at radius 1 is 1.24 bits per heavy atom. The Kier molecular flexibility index (Phi) is 4.94. The summed E-state index contributed by atoms with van der Waals surface area (Å²) in [5.74, 6) is -0.125. The lowest BCUT2D eigenvalue weighted by Gasteiger charge is -2.12. The Morgan fingerprint density at radius 3 is 2.52 bits per heavy atom. The largest absolute Gasteiger partial charge is 0.389 e. The highest BCUT2D eigenvalue weighted by molar-refractivity contribution is 7.80. The van der Waals surface area contributed by atoms with E-state index >= 15 is 0 Å². The molecular weight excluding hydrogens is 304 g/mol. The van der Waals surface area contributed by atoms with Gasteiger partial charge < -0.3 is 11.1 Å². The van der Waals surface area contributed by atoms with E-state index in [1.165, 1.54) is 0 Å². The lowest BCUT2D eigenvalue weighted by molar-refractivity contribution is -0.115. The number of nitrogens with one attached hydrogen (secondary N) is 1. The topological polar surface area (TPSA) is 55.1 Å². The van der Waals surface area contributed by atoms with Gasteiger partial charge in [0, 0.05) is 10.6 Å². The van der Waals surface area contributed by atoms with Gasteiger partial charge in [-0.15, -0.1) is 0 Å². The zero-order chi connectivity index (χ0) is 15.4. The number of anilines is 1. The number of nitrogens with two attached hydrogens (primary N) is 1. The Morgan fingerprint density at radius 2 is 1.90 bits per heavy atom. The first-order valence-electron chi connectivity index (χ1n) is 6.41. The fourth-order valence-corrected chi connectivity index (χ4v) is 2.48. The van der Waals surface area contributed by atoms with Crippen molar-refractivity contribution in [1.29, 1.82) is 0 Å². The molecule has 0 atom stereocenters. The average molecular weight is 319 g/mol. The minimum atomic E-state index is -0.125. The first-order chi connectivity index (χ1) is 9.97. The van der Waals surface area contributed by atoms with Crippen molar-refractivity contribution < 1.29 is 4.79 Å². The summed E-state index contributed by atoms with van der Waals surface area (Å²) in [6, 6.07) is 12.7. The van der Waals surface area contributed by atoms with Gasteiger partial charge in [-0.05, 0) is 36.2 Å². The number of hydrogen-bond donors (Lipinski definition) is 2. The molecule has 0 unspecified atom stereocenters. The van der Waals surface area contributed by atoms with Crippen molar-refractivity contribution in [3.8, 4) is 0 Å². The smallest absolute Gasteiger partial charge is 0.228 e. The molecule has 2 aromatic carbocycles. The molecule has 0 bridgehead atoms. The summed E-state index contributed by atoms with van der Waals surface area (Å²) in [6.07, 6.45) is 0.266. The van der Waals surface area contributed by atoms with Crippen molar-refractivity contribution in [2.75, 3.05) is 5.32 Å². The molecule has 108 valence electrons. The van der Waals surface area contributed by atoms with Gasteiger partial charge >= 0.3 is 0 Å². The molecule has 21 heavy (non-hydrogen) atoms. The third-order valence-corrected chi connectivity index (χ3v) is 3.53. The Hall–Kier alpha value is -1.91. The zero-order valence-corrected chi connectivity index (χ0v) is 13.1. The number of halogens is 1. The molecule has 0 heterocycles. The van der Waals surface area contributed by atoms with Gasteiger partial charge in [0.2, 0.25) is 5.91 Å². The van der Waals surface area contributed by atoms with E-state index in [4.69, 9.17) is 29.6 Å². The van der Waals surface area contributed by atoms with Crippen LogP contribution in [0.3, 0.4) is 0 Å². The minimum Gasteiger partial charge on any atom is -0.389 e. The summed E-state index contributed by atoms with van der Waals surface area (Å²) in [5, 5.41) is 3.50. The van der Waals surface area contributed by atoms with Gasteiger partial charge in [-0.1, -0.05) is 48.1 Å².